The SMILES string of the molecule is CCN[C@@](C)(CS)C(=O)O. The van der Waals surface area contributed by atoms with Gasteiger partial charge in [-0.25, -0.2) is 0 Å². The maximum absolute atomic E-state index is 10.5. The number of hydrogen-bond acceptors (Lipinski definition) is 3. The van der Waals surface area contributed by atoms with Crippen LogP contribution in [0.1, 0.15) is 13.8 Å². The van der Waals surface area contributed by atoms with Gasteiger partial charge in [-0.2, -0.15) is 12.6 Å². The maximum atomic E-state index is 10.5. The van der Waals surface area contributed by atoms with Crippen LogP contribution in [0, 0.1) is 0 Å². The van der Waals surface area contributed by atoms with Crippen LogP contribution in [0.25, 0.3) is 0 Å². The average molecular weight is 163 g/mol. The van der Waals surface area contributed by atoms with Crippen LogP contribution in [-0.2, 0) is 4.79 Å². The van der Waals surface area contributed by atoms with Crippen LogP contribution in [0.5, 0.6) is 0 Å². The lowest BCUT2D eigenvalue weighted by Crippen LogP contribution is -2.51. The highest BCUT2D eigenvalue weighted by Crippen LogP contribution is 2.05. The summed E-state index contributed by atoms with van der Waals surface area (Å²) in [7, 11) is 0. The van der Waals surface area contributed by atoms with Crippen LogP contribution in [-0.4, -0.2) is 28.9 Å². The van der Waals surface area contributed by atoms with Crippen molar-refractivity contribution >= 4 is 18.6 Å². The first-order valence-electron chi connectivity index (χ1n) is 3.16. The quantitative estimate of drug-likeness (QED) is 0.525. The zero-order valence-corrected chi connectivity index (χ0v) is 7.11. The van der Waals surface area contributed by atoms with Gasteiger partial charge in [-0.05, 0) is 13.5 Å². The molecule has 0 aromatic carbocycles. The highest BCUT2D eigenvalue weighted by molar-refractivity contribution is 7.80. The first-order chi connectivity index (χ1) is 4.56. The minimum atomic E-state index is -0.877. The van der Waals surface area contributed by atoms with E-state index in [4.69, 9.17) is 5.11 Å². The second-order valence-electron chi connectivity index (χ2n) is 2.33. The molecule has 0 unspecified atom stereocenters. The lowest BCUT2D eigenvalue weighted by atomic mass is 10.1. The largest absolute Gasteiger partial charge is 0.480 e. The number of hydrogen-bond donors (Lipinski definition) is 3. The van der Waals surface area contributed by atoms with Crippen molar-refractivity contribution in [3.05, 3.63) is 0 Å². The van der Waals surface area contributed by atoms with Crippen LogP contribution in [0.4, 0.5) is 0 Å². The number of carboxylic acid groups (broad SMARTS) is 1. The number of nitrogens with one attached hydrogen (secondary N) is 1. The summed E-state index contributed by atoms with van der Waals surface area (Å²) < 4.78 is 0. The molecule has 1 atom stereocenters. The van der Waals surface area contributed by atoms with Crippen LogP contribution in [0.15, 0.2) is 0 Å². The summed E-state index contributed by atoms with van der Waals surface area (Å²) in [5, 5.41) is 11.5. The van der Waals surface area contributed by atoms with E-state index in [1.165, 1.54) is 0 Å². The normalized spacial score (nSPS) is 16.3. The monoisotopic (exact) mass is 163 g/mol. The Kier molecular flexibility index (Phi) is 3.75. The summed E-state index contributed by atoms with van der Waals surface area (Å²) in [5.74, 6) is -0.555. The van der Waals surface area contributed by atoms with E-state index in [1.807, 2.05) is 6.92 Å². The van der Waals surface area contributed by atoms with Crippen LogP contribution in [0.3, 0.4) is 0 Å². The van der Waals surface area contributed by atoms with Gasteiger partial charge in [0.25, 0.3) is 0 Å². The molecule has 0 fully saturated rings. The minimum absolute atomic E-state index is 0.302. The van der Waals surface area contributed by atoms with Gasteiger partial charge in [0.2, 0.25) is 0 Å². The van der Waals surface area contributed by atoms with Gasteiger partial charge in [-0.3, -0.25) is 4.79 Å². The van der Waals surface area contributed by atoms with E-state index in [1.54, 1.807) is 6.92 Å². The number of thiol groups is 1. The van der Waals surface area contributed by atoms with Crippen molar-refractivity contribution in [3.8, 4) is 0 Å². The third-order valence-corrected chi connectivity index (χ3v) is 1.99. The average Bonchev–Trinajstić information content (AvgIpc) is 1.88. The Morgan fingerprint density at radius 2 is 2.30 bits per heavy atom. The van der Waals surface area contributed by atoms with E-state index in [2.05, 4.69) is 17.9 Å². The molecule has 0 aromatic rings. The Balaban J connectivity index is 4.08. The first kappa shape index (κ1) is 9.78. The van der Waals surface area contributed by atoms with Crippen molar-refractivity contribution in [1.82, 2.24) is 5.32 Å². The predicted octanol–water partition coefficient (Wildman–Crippen LogP) is 0.369. The van der Waals surface area contributed by atoms with Gasteiger partial charge in [0, 0.05) is 5.75 Å². The second kappa shape index (κ2) is 3.83. The van der Waals surface area contributed by atoms with Crippen molar-refractivity contribution in [2.24, 2.45) is 0 Å². The molecular weight excluding hydrogens is 150 g/mol. The molecule has 0 aliphatic heterocycles. The third-order valence-electron chi connectivity index (χ3n) is 1.36. The van der Waals surface area contributed by atoms with E-state index >= 15 is 0 Å². The summed E-state index contributed by atoms with van der Waals surface area (Å²) in [6.45, 7) is 4.12. The van der Waals surface area contributed by atoms with E-state index in [0.29, 0.717) is 12.3 Å². The molecule has 0 bridgehead atoms. The molecule has 2 N–H and O–H groups in total. The molecule has 0 heterocycles. The van der Waals surface area contributed by atoms with Crippen molar-refractivity contribution in [2.45, 2.75) is 19.4 Å². The number of carboxylic acids is 1. The van der Waals surface area contributed by atoms with E-state index in [-0.39, 0.29) is 0 Å². The Morgan fingerprint density at radius 3 is 2.40 bits per heavy atom. The van der Waals surface area contributed by atoms with Gasteiger partial charge in [0.1, 0.15) is 5.54 Å². The Bertz CT molecular complexity index is 129. The lowest BCUT2D eigenvalue weighted by Gasteiger charge is -2.22. The fourth-order valence-corrected chi connectivity index (χ4v) is 0.836. The summed E-state index contributed by atoms with van der Waals surface area (Å²) in [4.78, 5) is 10.5. The van der Waals surface area contributed by atoms with E-state index in [9.17, 15) is 4.79 Å². The number of likely N-dealkylation sites (N-methyl/N-ethyl adjacent to an activating group) is 1. The molecule has 0 rings (SSSR count). The molecule has 0 aliphatic rings. The smallest absolute Gasteiger partial charge is 0.324 e. The van der Waals surface area contributed by atoms with Gasteiger partial charge < -0.3 is 10.4 Å². The molecule has 0 saturated carbocycles. The number of rotatable bonds is 4. The zero-order valence-electron chi connectivity index (χ0n) is 6.22. The molecule has 10 heavy (non-hydrogen) atoms. The van der Waals surface area contributed by atoms with Crippen molar-refractivity contribution < 1.29 is 9.90 Å². The van der Waals surface area contributed by atoms with Gasteiger partial charge in [-0.1, -0.05) is 6.92 Å². The van der Waals surface area contributed by atoms with E-state index in [0.717, 1.165) is 0 Å². The van der Waals surface area contributed by atoms with E-state index < -0.39 is 11.5 Å². The second-order valence-corrected chi connectivity index (χ2v) is 2.64. The molecule has 0 saturated heterocycles. The molecule has 4 heteroatoms. The summed E-state index contributed by atoms with van der Waals surface area (Å²) in [6.07, 6.45) is 0. The van der Waals surface area contributed by atoms with Crippen LogP contribution >= 0.6 is 12.6 Å². The molecule has 3 nitrogen and oxygen atoms in total. The van der Waals surface area contributed by atoms with Gasteiger partial charge in [0.05, 0.1) is 0 Å². The highest BCUT2D eigenvalue weighted by atomic mass is 32.1. The summed E-state index contributed by atoms with van der Waals surface area (Å²) in [6, 6.07) is 0. The third kappa shape index (κ3) is 2.19. The van der Waals surface area contributed by atoms with Crippen LogP contribution in [0.2, 0.25) is 0 Å². The minimum Gasteiger partial charge on any atom is -0.480 e. The first-order valence-corrected chi connectivity index (χ1v) is 3.79. The molecule has 0 amide bonds. The van der Waals surface area contributed by atoms with Gasteiger partial charge in [-0.15, -0.1) is 0 Å². The summed E-state index contributed by atoms with van der Waals surface area (Å²) >= 11 is 3.93. The fourth-order valence-electron chi connectivity index (χ4n) is 0.589. The summed E-state index contributed by atoms with van der Waals surface area (Å²) in [5.41, 5.74) is -0.877. The molecular formula is C6H13NO2S. The maximum Gasteiger partial charge on any atom is 0.324 e. The number of aliphatic carboxylic acids is 1. The fraction of sp³-hybridized carbons (Fsp3) is 0.833. The van der Waals surface area contributed by atoms with Crippen molar-refractivity contribution in [1.29, 1.82) is 0 Å². The van der Waals surface area contributed by atoms with Gasteiger partial charge >= 0.3 is 5.97 Å². The van der Waals surface area contributed by atoms with Crippen molar-refractivity contribution in [3.63, 3.8) is 0 Å². The Morgan fingerprint density at radius 1 is 1.80 bits per heavy atom. The molecule has 0 aromatic heterocycles. The molecule has 0 radical (unpaired) electrons. The Labute approximate surface area is 66.2 Å². The topological polar surface area (TPSA) is 49.3 Å². The lowest BCUT2D eigenvalue weighted by molar-refractivity contribution is -0.143. The Hall–Kier alpha value is -0.220. The predicted molar refractivity (Wildman–Crippen MR) is 43.6 cm³/mol. The van der Waals surface area contributed by atoms with Crippen molar-refractivity contribution in [2.75, 3.05) is 12.3 Å². The molecule has 0 spiro atoms. The number of carbonyl (C=O) groups is 1. The molecule has 60 valence electrons. The zero-order chi connectivity index (χ0) is 8.20. The van der Waals surface area contributed by atoms with Gasteiger partial charge in [0.15, 0.2) is 0 Å². The van der Waals surface area contributed by atoms with Crippen LogP contribution < -0.4 is 5.32 Å². The molecule has 0 aliphatic carbocycles. The standard InChI is InChI=1S/C6H13NO2S/c1-3-7-6(2,4-10)5(8)9/h7,10H,3-4H2,1-2H3,(H,8,9)/t6-/m0/s1. The highest BCUT2D eigenvalue weighted by Gasteiger charge is 2.29.